The molecule has 0 fully saturated rings. The van der Waals surface area contributed by atoms with E-state index in [1.807, 2.05) is 54.0 Å². The van der Waals surface area contributed by atoms with Gasteiger partial charge in [0.25, 0.3) is 0 Å². The molecule has 31 heavy (non-hydrogen) atoms. The van der Waals surface area contributed by atoms with E-state index < -0.39 is 5.82 Å². The molecule has 0 aliphatic heterocycles. The van der Waals surface area contributed by atoms with E-state index in [-0.39, 0.29) is 24.0 Å². The van der Waals surface area contributed by atoms with Crippen LogP contribution in [0.4, 0.5) is 10.1 Å². The maximum atomic E-state index is 13.7. The zero-order valence-electron chi connectivity index (χ0n) is 16.9. The topological polar surface area (TPSA) is 69.0 Å². The van der Waals surface area contributed by atoms with Gasteiger partial charge in [0, 0.05) is 11.9 Å². The van der Waals surface area contributed by atoms with Gasteiger partial charge in [0.05, 0.1) is 11.4 Å². The molecule has 0 saturated heterocycles. The number of nitrogens with one attached hydrogen (secondary N) is 1. The van der Waals surface area contributed by atoms with Crippen molar-refractivity contribution in [2.45, 2.75) is 25.2 Å². The highest BCUT2D eigenvalue weighted by Gasteiger charge is 2.15. The minimum absolute atomic E-state index is 0.0939. The monoisotopic (exact) mass is 436 g/mol. The number of anilines is 1. The predicted octanol–water partition coefficient (Wildman–Crippen LogP) is 4.90. The maximum Gasteiger partial charge on any atom is 0.234 e. The Kier molecular flexibility index (Phi) is 6.47. The molecule has 0 bridgehead atoms. The van der Waals surface area contributed by atoms with Crippen LogP contribution in [0, 0.1) is 5.82 Å². The Balaban J connectivity index is 1.40. The lowest BCUT2D eigenvalue weighted by atomic mass is 10.1. The highest BCUT2D eigenvalue weighted by Crippen LogP contribution is 2.26. The van der Waals surface area contributed by atoms with Crippen molar-refractivity contribution in [2.75, 3.05) is 11.1 Å². The molecular weight excluding hydrogens is 415 g/mol. The van der Waals surface area contributed by atoms with Crippen LogP contribution in [0.15, 0.2) is 71.9 Å². The molecule has 4 aromatic rings. The van der Waals surface area contributed by atoms with E-state index in [1.54, 1.807) is 12.1 Å². The lowest BCUT2D eigenvalue weighted by Gasteiger charge is -2.11. The van der Waals surface area contributed by atoms with Crippen LogP contribution in [0.2, 0.25) is 0 Å². The molecule has 1 aromatic heterocycles. The van der Waals surface area contributed by atoms with Crippen LogP contribution in [-0.2, 0) is 17.9 Å². The lowest BCUT2D eigenvalue weighted by Crippen LogP contribution is -2.15. The predicted molar refractivity (Wildman–Crippen MR) is 120 cm³/mol. The molecule has 0 atom stereocenters. The minimum atomic E-state index is -0.467. The van der Waals surface area contributed by atoms with Gasteiger partial charge in [-0.05, 0) is 30.5 Å². The van der Waals surface area contributed by atoms with Gasteiger partial charge >= 0.3 is 0 Å². The number of hydrogen-bond acceptors (Lipinski definition) is 5. The molecule has 1 amide bonds. The summed E-state index contributed by atoms with van der Waals surface area (Å²) < 4.78 is 21.6. The Labute approximate surface area is 183 Å². The number of benzene rings is 3. The first-order valence-electron chi connectivity index (χ1n) is 9.85. The number of para-hydroxylation sites is 1. The molecule has 1 heterocycles. The molecule has 0 saturated carbocycles. The third-order valence-corrected chi connectivity index (χ3v) is 5.66. The summed E-state index contributed by atoms with van der Waals surface area (Å²) in [6, 6.07) is 20.0. The van der Waals surface area contributed by atoms with Gasteiger partial charge in [-0.2, -0.15) is 0 Å². The third-order valence-electron chi connectivity index (χ3n) is 4.70. The first kappa shape index (κ1) is 20.9. The van der Waals surface area contributed by atoms with Crippen LogP contribution in [0.25, 0.3) is 10.8 Å². The van der Waals surface area contributed by atoms with Crippen molar-refractivity contribution in [1.29, 1.82) is 0 Å². The van der Waals surface area contributed by atoms with Gasteiger partial charge in [0.2, 0.25) is 5.91 Å². The highest BCUT2D eigenvalue weighted by atomic mass is 32.2. The summed E-state index contributed by atoms with van der Waals surface area (Å²) in [7, 11) is 0. The van der Waals surface area contributed by atoms with Crippen LogP contribution >= 0.6 is 11.8 Å². The quantitative estimate of drug-likeness (QED) is 0.398. The first-order chi connectivity index (χ1) is 15.2. The lowest BCUT2D eigenvalue weighted by molar-refractivity contribution is -0.113. The summed E-state index contributed by atoms with van der Waals surface area (Å²) in [6.07, 6.45) is 0. The summed E-state index contributed by atoms with van der Waals surface area (Å²) in [4.78, 5) is 12.2. The number of amides is 1. The van der Waals surface area contributed by atoms with Gasteiger partial charge in [-0.1, -0.05) is 60.3 Å². The number of hydrogen-bond donors (Lipinski definition) is 1. The first-order valence-corrected chi connectivity index (χ1v) is 10.8. The molecule has 6 nitrogen and oxygen atoms in total. The largest absolute Gasteiger partial charge is 0.485 e. The number of rotatable bonds is 8. The fourth-order valence-corrected chi connectivity index (χ4v) is 4.01. The molecule has 8 heteroatoms. The van der Waals surface area contributed by atoms with E-state index in [0.29, 0.717) is 17.5 Å². The van der Waals surface area contributed by atoms with Crippen molar-refractivity contribution in [3.8, 4) is 5.75 Å². The molecule has 0 spiro atoms. The molecule has 0 aliphatic rings. The number of aromatic nitrogens is 3. The van der Waals surface area contributed by atoms with E-state index >= 15 is 0 Å². The number of carbonyl (C=O) groups excluding carboxylic acids is 1. The Hall–Kier alpha value is -3.39. The van der Waals surface area contributed by atoms with Crippen LogP contribution in [0.3, 0.4) is 0 Å². The number of ether oxygens (including phenoxy) is 1. The van der Waals surface area contributed by atoms with E-state index in [4.69, 9.17) is 4.74 Å². The fraction of sp³-hybridized carbons (Fsp3) is 0.174. The fourth-order valence-electron chi connectivity index (χ4n) is 3.19. The van der Waals surface area contributed by atoms with E-state index in [2.05, 4.69) is 15.5 Å². The van der Waals surface area contributed by atoms with Gasteiger partial charge in [0.15, 0.2) is 11.0 Å². The van der Waals surface area contributed by atoms with E-state index in [9.17, 15) is 9.18 Å². The second-order valence-corrected chi connectivity index (χ2v) is 7.67. The van der Waals surface area contributed by atoms with Crippen LogP contribution in [-0.4, -0.2) is 26.4 Å². The molecule has 0 unspecified atom stereocenters. The second-order valence-electron chi connectivity index (χ2n) is 6.73. The molecule has 158 valence electrons. The van der Waals surface area contributed by atoms with Gasteiger partial charge in [0.1, 0.15) is 18.2 Å². The average Bonchev–Trinajstić information content (AvgIpc) is 3.19. The molecule has 0 radical (unpaired) electrons. The molecule has 4 rings (SSSR count). The van der Waals surface area contributed by atoms with Crippen molar-refractivity contribution in [1.82, 2.24) is 14.8 Å². The Morgan fingerprint density at radius 1 is 1.06 bits per heavy atom. The SMILES string of the molecule is CCn1c(COc2cccc3ccccc23)nnc1SCC(=O)Nc1ccccc1F. The zero-order chi connectivity index (χ0) is 21.6. The van der Waals surface area contributed by atoms with E-state index in [0.717, 1.165) is 16.5 Å². The summed E-state index contributed by atoms with van der Waals surface area (Å²) in [5.41, 5.74) is 0.161. The normalized spacial score (nSPS) is 10.9. The highest BCUT2D eigenvalue weighted by molar-refractivity contribution is 7.99. The molecule has 0 aliphatic carbocycles. The van der Waals surface area contributed by atoms with Crippen molar-refractivity contribution >= 4 is 34.1 Å². The Bertz CT molecular complexity index is 1210. The molecular formula is C23H21FN4O2S. The van der Waals surface area contributed by atoms with Crippen molar-refractivity contribution in [3.05, 3.63) is 78.4 Å². The molecule has 3 aromatic carbocycles. The summed E-state index contributed by atoms with van der Waals surface area (Å²) in [5.74, 6) is 0.769. The summed E-state index contributed by atoms with van der Waals surface area (Å²) in [5, 5.41) is 13.8. The standard InChI is InChI=1S/C23H21FN4O2S/c1-2-28-21(14-30-20-13-7-9-16-8-3-4-10-17(16)20)26-27-23(28)31-15-22(29)25-19-12-6-5-11-18(19)24/h3-13H,2,14-15H2,1H3,(H,25,29). The van der Waals surface area contributed by atoms with Gasteiger partial charge in [-0.25, -0.2) is 4.39 Å². The zero-order valence-corrected chi connectivity index (χ0v) is 17.7. The smallest absolute Gasteiger partial charge is 0.234 e. The van der Waals surface area contributed by atoms with Crippen molar-refractivity contribution in [2.24, 2.45) is 0 Å². The van der Waals surface area contributed by atoms with Crippen LogP contribution < -0.4 is 10.1 Å². The third kappa shape index (κ3) is 4.86. The Morgan fingerprint density at radius 2 is 1.84 bits per heavy atom. The maximum absolute atomic E-state index is 13.7. The van der Waals surface area contributed by atoms with Crippen molar-refractivity contribution < 1.29 is 13.9 Å². The van der Waals surface area contributed by atoms with Gasteiger partial charge in [-0.3, -0.25) is 4.79 Å². The number of nitrogens with zero attached hydrogens (tertiary/aromatic N) is 3. The number of carbonyl (C=O) groups is 1. The van der Waals surface area contributed by atoms with Crippen LogP contribution in [0.5, 0.6) is 5.75 Å². The average molecular weight is 437 g/mol. The summed E-state index contributed by atoms with van der Waals surface area (Å²) in [6.45, 7) is 2.88. The van der Waals surface area contributed by atoms with Gasteiger partial charge in [-0.15, -0.1) is 10.2 Å². The van der Waals surface area contributed by atoms with Crippen molar-refractivity contribution in [3.63, 3.8) is 0 Å². The second kappa shape index (κ2) is 9.61. The van der Waals surface area contributed by atoms with E-state index in [1.165, 1.54) is 23.9 Å². The Morgan fingerprint density at radius 3 is 2.68 bits per heavy atom. The number of thioether (sulfide) groups is 1. The minimum Gasteiger partial charge on any atom is -0.485 e. The number of fused-ring (bicyclic) bond motifs is 1. The number of halogens is 1. The summed E-state index contributed by atoms with van der Waals surface area (Å²) >= 11 is 1.25. The molecule has 1 N–H and O–H groups in total. The van der Waals surface area contributed by atoms with Crippen LogP contribution in [0.1, 0.15) is 12.7 Å². The van der Waals surface area contributed by atoms with Gasteiger partial charge < -0.3 is 14.6 Å².